The lowest BCUT2D eigenvalue weighted by Crippen LogP contribution is -1.89. The van der Waals surface area contributed by atoms with Crippen molar-refractivity contribution in [1.82, 2.24) is 4.57 Å². The lowest BCUT2D eigenvalue weighted by molar-refractivity contribution is 0.949. The molecule has 0 aliphatic carbocycles. The van der Waals surface area contributed by atoms with Crippen LogP contribution >= 0.6 is 0 Å². The Balaban J connectivity index is 2.96. The molecule has 0 saturated heterocycles. The number of hydrogen-bond donors (Lipinski definition) is 0. The number of aryl methyl sites for hydroxylation is 2. The summed E-state index contributed by atoms with van der Waals surface area (Å²) in [7, 11) is 2.08. The first-order valence-electron chi connectivity index (χ1n) is 4.42. The van der Waals surface area contributed by atoms with E-state index in [9.17, 15) is 0 Å². The highest BCUT2D eigenvalue weighted by molar-refractivity contribution is 5.87. The number of fused-ring (bicyclic) bond motifs is 1. The number of para-hydroxylation sites is 1. The lowest BCUT2D eigenvalue weighted by atomic mass is 10.1. The number of aromatic nitrogens is 1. The first-order chi connectivity index (χ1) is 6.25. The Labute approximate surface area is 78.3 Å². The van der Waals surface area contributed by atoms with E-state index in [0.29, 0.717) is 0 Å². The predicted molar refractivity (Wildman–Crippen MR) is 57.7 cm³/mol. The Morgan fingerprint density at radius 2 is 2.00 bits per heavy atom. The van der Waals surface area contributed by atoms with Crippen molar-refractivity contribution in [2.75, 3.05) is 0 Å². The van der Waals surface area contributed by atoms with Gasteiger partial charge in [-0.25, -0.2) is 0 Å². The molecule has 0 saturated carbocycles. The van der Waals surface area contributed by atoms with Crippen molar-refractivity contribution in [3.63, 3.8) is 0 Å². The van der Waals surface area contributed by atoms with Crippen molar-refractivity contribution in [2.24, 2.45) is 7.05 Å². The molecule has 0 fully saturated rings. The molecule has 0 atom stereocenters. The Hall–Kier alpha value is -1.50. The van der Waals surface area contributed by atoms with Crippen molar-refractivity contribution >= 4 is 17.0 Å². The second kappa shape index (κ2) is 2.77. The van der Waals surface area contributed by atoms with Gasteiger partial charge in [0.25, 0.3) is 0 Å². The standard InChI is InChI=1S/C12H13N/c1-4-11-9(2)10-7-5-6-8-12(10)13(11)3/h4-8H,1H2,2-3H3. The molecule has 1 nitrogen and oxygen atoms in total. The second-order valence-corrected chi connectivity index (χ2v) is 3.29. The van der Waals surface area contributed by atoms with Crippen LogP contribution < -0.4 is 0 Å². The number of rotatable bonds is 1. The topological polar surface area (TPSA) is 4.93 Å². The third-order valence-electron chi connectivity index (χ3n) is 2.61. The van der Waals surface area contributed by atoms with E-state index in [1.165, 1.54) is 22.2 Å². The molecule has 0 N–H and O–H groups in total. The highest BCUT2D eigenvalue weighted by Gasteiger charge is 2.06. The van der Waals surface area contributed by atoms with E-state index in [1.54, 1.807) is 0 Å². The Bertz CT molecular complexity index is 424. The third-order valence-corrected chi connectivity index (χ3v) is 2.61. The van der Waals surface area contributed by atoms with Crippen LogP contribution in [0.4, 0.5) is 0 Å². The van der Waals surface area contributed by atoms with Crippen LogP contribution in [0.25, 0.3) is 17.0 Å². The molecule has 2 rings (SSSR count). The zero-order valence-electron chi connectivity index (χ0n) is 8.04. The molecule has 0 radical (unpaired) electrons. The Kier molecular flexibility index (Phi) is 1.73. The number of benzene rings is 1. The van der Waals surface area contributed by atoms with Gasteiger partial charge in [0.2, 0.25) is 0 Å². The first-order valence-corrected chi connectivity index (χ1v) is 4.42. The first kappa shape index (κ1) is 8.11. The van der Waals surface area contributed by atoms with Crippen molar-refractivity contribution in [2.45, 2.75) is 6.92 Å². The highest BCUT2D eigenvalue weighted by Crippen LogP contribution is 2.24. The molecule has 1 heterocycles. The molecule has 13 heavy (non-hydrogen) atoms. The summed E-state index contributed by atoms with van der Waals surface area (Å²) in [5.74, 6) is 0. The van der Waals surface area contributed by atoms with E-state index >= 15 is 0 Å². The van der Waals surface area contributed by atoms with E-state index < -0.39 is 0 Å². The molecule has 0 aliphatic rings. The van der Waals surface area contributed by atoms with E-state index in [4.69, 9.17) is 0 Å². The van der Waals surface area contributed by atoms with Gasteiger partial charge in [-0.1, -0.05) is 24.8 Å². The third kappa shape index (κ3) is 1.00. The fourth-order valence-corrected chi connectivity index (χ4v) is 1.89. The minimum atomic E-state index is 1.21. The summed E-state index contributed by atoms with van der Waals surface area (Å²) in [6, 6.07) is 8.42. The highest BCUT2D eigenvalue weighted by atomic mass is 14.9. The average Bonchev–Trinajstić information content (AvgIpc) is 2.41. The van der Waals surface area contributed by atoms with Gasteiger partial charge < -0.3 is 4.57 Å². The van der Waals surface area contributed by atoms with Gasteiger partial charge >= 0.3 is 0 Å². The van der Waals surface area contributed by atoms with Gasteiger partial charge in [0.1, 0.15) is 0 Å². The zero-order chi connectivity index (χ0) is 9.42. The fraction of sp³-hybridized carbons (Fsp3) is 0.167. The molecule has 0 amide bonds. The van der Waals surface area contributed by atoms with E-state index in [2.05, 4.69) is 49.4 Å². The van der Waals surface area contributed by atoms with Crippen molar-refractivity contribution in [3.8, 4) is 0 Å². The molecule has 1 aromatic carbocycles. The molecule has 0 spiro atoms. The van der Waals surface area contributed by atoms with Crippen LogP contribution in [-0.4, -0.2) is 4.57 Å². The van der Waals surface area contributed by atoms with Crippen molar-refractivity contribution in [1.29, 1.82) is 0 Å². The minimum absolute atomic E-state index is 1.21. The number of hydrogen-bond acceptors (Lipinski definition) is 0. The molecular formula is C12H13N. The van der Waals surface area contributed by atoms with Crippen LogP contribution in [0, 0.1) is 6.92 Å². The van der Waals surface area contributed by atoms with Crippen LogP contribution in [-0.2, 0) is 7.05 Å². The summed E-state index contributed by atoms with van der Waals surface area (Å²) in [5, 5.41) is 1.32. The van der Waals surface area contributed by atoms with Crippen LogP contribution in [0.1, 0.15) is 11.3 Å². The monoisotopic (exact) mass is 171 g/mol. The van der Waals surface area contributed by atoms with Crippen molar-refractivity contribution in [3.05, 3.63) is 42.1 Å². The SMILES string of the molecule is C=Cc1c(C)c2ccccc2n1C. The summed E-state index contributed by atoms with van der Waals surface area (Å²) in [6.07, 6.45) is 1.91. The summed E-state index contributed by atoms with van der Waals surface area (Å²) in [4.78, 5) is 0. The van der Waals surface area contributed by atoms with Gasteiger partial charge in [0.05, 0.1) is 0 Å². The number of nitrogens with zero attached hydrogens (tertiary/aromatic N) is 1. The minimum Gasteiger partial charge on any atom is -0.344 e. The fourth-order valence-electron chi connectivity index (χ4n) is 1.89. The Morgan fingerprint density at radius 1 is 1.31 bits per heavy atom. The summed E-state index contributed by atoms with van der Waals surface area (Å²) in [5.41, 5.74) is 3.80. The zero-order valence-corrected chi connectivity index (χ0v) is 8.04. The predicted octanol–water partition coefficient (Wildman–Crippen LogP) is 3.13. The largest absolute Gasteiger partial charge is 0.344 e. The van der Waals surface area contributed by atoms with Crippen LogP contribution in [0.5, 0.6) is 0 Å². The maximum atomic E-state index is 3.83. The van der Waals surface area contributed by atoms with Crippen LogP contribution in [0.2, 0.25) is 0 Å². The van der Waals surface area contributed by atoms with Gasteiger partial charge in [0, 0.05) is 23.6 Å². The molecule has 2 aromatic rings. The van der Waals surface area contributed by atoms with E-state index in [0.717, 1.165) is 0 Å². The smallest absolute Gasteiger partial charge is 0.0485 e. The molecular weight excluding hydrogens is 158 g/mol. The molecule has 0 bridgehead atoms. The maximum absolute atomic E-state index is 3.83. The maximum Gasteiger partial charge on any atom is 0.0485 e. The van der Waals surface area contributed by atoms with E-state index in [-0.39, 0.29) is 0 Å². The average molecular weight is 171 g/mol. The van der Waals surface area contributed by atoms with Crippen LogP contribution in [0.3, 0.4) is 0 Å². The van der Waals surface area contributed by atoms with Crippen LogP contribution in [0.15, 0.2) is 30.8 Å². The van der Waals surface area contributed by atoms with Gasteiger partial charge in [-0.3, -0.25) is 0 Å². The second-order valence-electron chi connectivity index (χ2n) is 3.29. The summed E-state index contributed by atoms with van der Waals surface area (Å²) >= 11 is 0. The van der Waals surface area contributed by atoms with Crippen molar-refractivity contribution < 1.29 is 0 Å². The normalized spacial score (nSPS) is 10.6. The summed E-state index contributed by atoms with van der Waals surface area (Å²) in [6.45, 7) is 5.97. The summed E-state index contributed by atoms with van der Waals surface area (Å²) < 4.78 is 2.18. The lowest BCUT2D eigenvalue weighted by Gasteiger charge is -1.97. The van der Waals surface area contributed by atoms with E-state index in [1.807, 2.05) is 6.08 Å². The molecule has 1 aromatic heterocycles. The van der Waals surface area contributed by atoms with Gasteiger partial charge in [-0.2, -0.15) is 0 Å². The Morgan fingerprint density at radius 3 is 2.62 bits per heavy atom. The van der Waals surface area contributed by atoms with Gasteiger partial charge in [0.15, 0.2) is 0 Å². The molecule has 0 aliphatic heterocycles. The van der Waals surface area contributed by atoms with Gasteiger partial charge in [-0.05, 0) is 24.6 Å². The molecule has 1 heteroatoms. The quantitative estimate of drug-likeness (QED) is 0.621. The molecule has 0 unspecified atom stereocenters. The van der Waals surface area contributed by atoms with Gasteiger partial charge in [-0.15, -0.1) is 0 Å². The molecule has 66 valence electrons.